The summed E-state index contributed by atoms with van der Waals surface area (Å²) in [6, 6.07) is 2.32. The molecular weight excluding hydrogens is 200 g/mol. The minimum Gasteiger partial charge on any atom is -0.396 e. The fourth-order valence-corrected chi connectivity index (χ4v) is 2.31. The minimum absolute atomic E-state index is 0.266. The number of nitrogen functional groups attached to an aromatic ring is 1. The quantitative estimate of drug-likeness (QED) is 0.746. The Bertz CT molecular complexity index is 389. The van der Waals surface area contributed by atoms with Gasteiger partial charge in [-0.3, -0.25) is 4.98 Å². The van der Waals surface area contributed by atoms with E-state index in [4.69, 9.17) is 11.5 Å². The molecule has 0 bridgehead atoms. The van der Waals surface area contributed by atoms with Crippen molar-refractivity contribution < 1.29 is 0 Å². The summed E-state index contributed by atoms with van der Waals surface area (Å²) in [5.41, 5.74) is 15.9. The summed E-state index contributed by atoms with van der Waals surface area (Å²) in [5, 5.41) is 0. The van der Waals surface area contributed by atoms with E-state index in [1.54, 1.807) is 0 Å². The first-order valence-electron chi connectivity index (χ1n) is 5.82. The average Bonchev–Trinajstić information content (AvgIpc) is 2.23. The fraction of sp³-hybridized carbons (Fsp3) is 0.583. The van der Waals surface area contributed by atoms with Gasteiger partial charge in [-0.2, -0.15) is 0 Å². The molecule has 16 heavy (non-hydrogen) atoms. The van der Waals surface area contributed by atoms with Crippen molar-refractivity contribution in [2.45, 2.75) is 32.7 Å². The molecule has 4 nitrogen and oxygen atoms in total. The third-order valence-electron chi connectivity index (χ3n) is 3.15. The van der Waals surface area contributed by atoms with Crippen molar-refractivity contribution in [1.29, 1.82) is 0 Å². The molecule has 88 valence electrons. The molecule has 2 rings (SSSR count). The Morgan fingerprint density at radius 1 is 1.44 bits per heavy atom. The standard InChI is InChI=1S/C12H20N4/c1-8-6-11(12(14)9(2)15-8)16-5-3-4-10(13)7-16/h6,10H,3-5,7,13-14H2,1-2H3/t10-/m1/s1. The van der Waals surface area contributed by atoms with Crippen molar-refractivity contribution in [1.82, 2.24) is 4.98 Å². The van der Waals surface area contributed by atoms with Crippen LogP contribution >= 0.6 is 0 Å². The number of hydrogen-bond donors (Lipinski definition) is 2. The summed E-state index contributed by atoms with van der Waals surface area (Å²) in [5.74, 6) is 0. The zero-order valence-corrected chi connectivity index (χ0v) is 10.0. The Kier molecular flexibility index (Phi) is 3.01. The number of nitrogens with zero attached hydrogens (tertiary/aromatic N) is 2. The number of pyridine rings is 1. The van der Waals surface area contributed by atoms with Crippen LogP contribution in [-0.4, -0.2) is 24.1 Å². The molecule has 1 aliphatic rings. The van der Waals surface area contributed by atoms with Gasteiger partial charge in [0.1, 0.15) is 0 Å². The van der Waals surface area contributed by atoms with Crippen LogP contribution in [0.4, 0.5) is 11.4 Å². The van der Waals surface area contributed by atoms with Crippen molar-refractivity contribution in [2.75, 3.05) is 23.7 Å². The highest BCUT2D eigenvalue weighted by Gasteiger charge is 2.19. The Morgan fingerprint density at radius 2 is 2.19 bits per heavy atom. The molecule has 1 aromatic rings. The van der Waals surface area contributed by atoms with Gasteiger partial charge in [0, 0.05) is 24.8 Å². The summed E-state index contributed by atoms with van der Waals surface area (Å²) in [7, 11) is 0. The minimum atomic E-state index is 0.266. The maximum atomic E-state index is 6.08. The van der Waals surface area contributed by atoms with Gasteiger partial charge >= 0.3 is 0 Å². The Morgan fingerprint density at radius 3 is 2.88 bits per heavy atom. The number of rotatable bonds is 1. The van der Waals surface area contributed by atoms with Gasteiger partial charge in [-0.1, -0.05) is 0 Å². The first kappa shape index (κ1) is 11.2. The predicted octanol–water partition coefficient (Wildman–Crippen LogP) is 1.21. The van der Waals surface area contributed by atoms with Crippen LogP contribution in [0.3, 0.4) is 0 Å². The van der Waals surface area contributed by atoms with Gasteiger partial charge in [0.05, 0.1) is 17.1 Å². The van der Waals surface area contributed by atoms with E-state index in [1.807, 2.05) is 13.8 Å². The summed E-state index contributed by atoms with van der Waals surface area (Å²) in [4.78, 5) is 6.65. The van der Waals surface area contributed by atoms with E-state index in [-0.39, 0.29) is 6.04 Å². The molecule has 1 aliphatic heterocycles. The number of anilines is 2. The van der Waals surface area contributed by atoms with Crippen LogP contribution in [0, 0.1) is 13.8 Å². The Balaban J connectivity index is 2.32. The second-order valence-electron chi connectivity index (χ2n) is 4.63. The van der Waals surface area contributed by atoms with Crippen LogP contribution in [0.2, 0.25) is 0 Å². The van der Waals surface area contributed by atoms with E-state index in [0.717, 1.165) is 48.7 Å². The molecule has 1 fully saturated rings. The van der Waals surface area contributed by atoms with Gasteiger partial charge in [-0.05, 0) is 32.8 Å². The van der Waals surface area contributed by atoms with Crippen LogP contribution in [0.15, 0.2) is 6.07 Å². The van der Waals surface area contributed by atoms with Crippen molar-refractivity contribution in [2.24, 2.45) is 5.73 Å². The Labute approximate surface area is 96.6 Å². The van der Waals surface area contributed by atoms with Crippen LogP contribution in [0.1, 0.15) is 24.2 Å². The average molecular weight is 220 g/mol. The predicted molar refractivity (Wildman–Crippen MR) is 67.5 cm³/mol. The lowest BCUT2D eigenvalue weighted by Gasteiger charge is -2.33. The van der Waals surface area contributed by atoms with Gasteiger partial charge in [0.25, 0.3) is 0 Å². The second kappa shape index (κ2) is 4.29. The lowest BCUT2D eigenvalue weighted by atomic mass is 10.1. The van der Waals surface area contributed by atoms with Crippen LogP contribution in [0.25, 0.3) is 0 Å². The van der Waals surface area contributed by atoms with E-state index in [1.165, 1.54) is 0 Å². The molecule has 1 aromatic heterocycles. The van der Waals surface area contributed by atoms with E-state index in [0.29, 0.717) is 0 Å². The molecule has 0 amide bonds. The highest BCUT2D eigenvalue weighted by atomic mass is 15.2. The van der Waals surface area contributed by atoms with Crippen LogP contribution in [0.5, 0.6) is 0 Å². The van der Waals surface area contributed by atoms with Gasteiger partial charge in [-0.25, -0.2) is 0 Å². The molecule has 0 unspecified atom stereocenters. The molecule has 0 spiro atoms. The third-order valence-corrected chi connectivity index (χ3v) is 3.15. The molecule has 1 saturated heterocycles. The number of nitrogens with two attached hydrogens (primary N) is 2. The van der Waals surface area contributed by atoms with Gasteiger partial charge < -0.3 is 16.4 Å². The summed E-state index contributed by atoms with van der Waals surface area (Å²) < 4.78 is 0. The van der Waals surface area contributed by atoms with E-state index >= 15 is 0 Å². The topological polar surface area (TPSA) is 68.2 Å². The number of aromatic nitrogens is 1. The largest absolute Gasteiger partial charge is 0.396 e. The van der Waals surface area contributed by atoms with Crippen LogP contribution < -0.4 is 16.4 Å². The highest BCUT2D eigenvalue weighted by Crippen LogP contribution is 2.28. The van der Waals surface area contributed by atoms with Gasteiger partial charge in [0.2, 0.25) is 0 Å². The number of piperidine rings is 1. The van der Waals surface area contributed by atoms with Gasteiger partial charge in [-0.15, -0.1) is 0 Å². The molecule has 0 radical (unpaired) electrons. The third kappa shape index (κ3) is 2.11. The molecule has 1 atom stereocenters. The molecule has 2 heterocycles. The maximum Gasteiger partial charge on any atom is 0.0768 e. The zero-order valence-electron chi connectivity index (χ0n) is 10.0. The first-order valence-corrected chi connectivity index (χ1v) is 5.82. The second-order valence-corrected chi connectivity index (χ2v) is 4.63. The fourth-order valence-electron chi connectivity index (χ4n) is 2.31. The number of hydrogen-bond acceptors (Lipinski definition) is 4. The lowest BCUT2D eigenvalue weighted by molar-refractivity contribution is 0.506. The lowest BCUT2D eigenvalue weighted by Crippen LogP contribution is -2.43. The van der Waals surface area contributed by atoms with Crippen molar-refractivity contribution in [3.63, 3.8) is 0 Å². The first-order chi connectivity index (χ1) is 7.58. The summed E-state index contributed by atoms with van der Waals surface area (Å²) in [6.07, 6.45) is 2.25. The van der Waals surface area contributed by atoms with E-state index in [2.05, 4.69) is 16.0 Å². The van der Waals surface area contributed by atoms with Crippen molar-refractivity contribution in [3.05, 3.63) is 17.5 Å². The maximum absolute atomic E-state index is 6.08. The highest BCUT2D eigenvalue weighted by molar-refractivity contribution is 5.70. The Hall–Kier alpha value is -1.29. The number of aryl methyl sites for hydroxylation is 2. The zero-order chi connectivity index (χ0) is 11.7. The molecular formula is C12H20N4. The van der Waals surface area contributed by atoms with Gasteiger partial charge in [0.15, 0.2) is 0 Å². The molecule has 0 aromatic carbocycles. The van der Waals surface area contributed by atoms with Crippen molar-refractivity contribution in [3.8, 4) is 0 Å². The normalized spacial score (nSPS) is 21.2. The monoisotopic (exact) mass is 220 g/mol. The molecule has 0 saturated carbocycles. The molecule has 4 N–H and O–H groups in total. The smallest absolute Gasteiger partial charge is 0.0768 e. The van der Waals surface area contributed by atoms with E-state index < -0.39 is 0 Å². The molecule has 4 heteroatoms. The van der Waals surface area contributed by atoms with Crippen molar-refractivity contribution >= 4 is 11.4 Å². The van der Waals surface area contributed by atoms with E-state index in [9.17, 15) is 0 Å². The summed E-state index contributed by atoms with van der Waals surface area (Å²) >= 11 is 0. The van der Waals surface area contributed by atoms with Crippen LogP contribution in [-0.2, 0) is 0 Å². The SMILES string of the molecule is Cc1cc(N2CCC[C@@H](N)C2)c(N)c(C)n1. The molecule has 0 aliphatic carbocycles. The summed E-state index contributed by atoms with van der Waals surface area (Å²) in [6.45, 7) is 5.89.